The fourth-order valence-electron chi connectivity index (χ4n) is 2.36. The second kappa shape index (κ2) is 9.74. The topological polar surface area (TPSA) is 309 Å². The summed E-state index contributed by atoms with van der Waals surface area (Å²) in [5.41, 5.74) is 9.33. The van der Waals surface area contributed by atoms with Crippen molar-refractivity contribution in [3.05, 3.63) is 22.7 Å². The van der Waals surface area contributed by atoms with E-state index in [1.165, 1.54) is 6.07 Å². The minimum absolute atomic E-state index is 0.163. The Hall–Kier alpha value is -1.56. The Bertz CT molecular complexity index is 1070. The smallest absolute Gasteiger partial charge is 0.387 e. The maximum atomic E-state index is 12.1. The number of aromatic nitrogens is 2. The van der Waals surface area contributed by atoms with Crippen LogP contribution in [0.2, 0.25) is 0 Å². The van der Waals surface area contributed by atoms with Crippen LogP contribution >= 0.6 is 23.5 Å². The summed E-state index contributed by atoms with van der Waals surface area (Å²) in [6.45, 7) is -1.05. The molecule has 0 amide bonds. The molecule has 1 fully saturated rings. The molecule has 0 aliphatic carbocycles. The van der Waals surface area contributed by atoms with Crippen LogP contribution in [-0.2, 0) is 31.6 Å². The van der Waals surface area contributed by atoms with Crippen LogP contribution in [0.4, 0.5) is 5.82 Å². The minimum Gasteiger partial charge on any atom is -0.387 e. The molecule has 0 saturated carbocycles. The number of ether oxygens (including phenoxy) is 1. The first-order valence-corrected chi connectivity index (χ1v) is 12.5. The maximum Gasteiger partial charge on any atom is 0.490 e. The number of aliphatic hydroxyl groups is 2. The zero-order valence-corrected chi connectivity index (χ0v) is 18.1. The van der Waals surface area contributed by atoms with Crippen molar-refractivity contribution in [2.45, 2.75) is 24.5 Å². The highest BCUT2D eigenvalue weighted by molar-refractivity contribution is 7.66. The van der Waals surface area contributed by atoms with Crippen molar-refractivity contribution >= 4 is 35.2 Å². The Morgan fingerprint density at radius 1 is 1.12 bits per heavy atom. The summed E-state index contributed by atoms with van der Waals surface area (Å²) in [5.74, 6) is -0.544. The minimum atomic E-state index is -5.74. The molecule has 0 radical (unpaired) electrons. The molecule has 1 aliphatic heterocycles. The first-order chi connectivity index (χ1) is 14.5. The standard InChI is InChI=1S/C10H18N5O14P3/c11-9(12)13-5-1-2-15(10(18)14-5)8-7(17)6(16)4(27-8)3-26-31(22,23)29-32(24,25)28-30(19,20)21/h1-2,4,6-8,16-17H,3H2,(H,22,23)(H,24,25)(H2,19,20,21)(H4,11,12,13,14,18)/t4-,6?,7+,8-/m1/s1. The van der Waals surface area contributed by atoms with E-state index in [0.29, 0.717) is 0 Å². The molecule has 19 nitrogen and oxygen atoms in total. The van der Waals surface area contributed by atoms with Crippen LogP contribution in [0.1, 0.15) is 6.23 Å². The number of hydrogen-bond donors (Lipinski definition) is 8. The first kappa shape index (κ1) is 26.7. The van der Waals surface area contributed by atoms with Crippen molar-refractivity contribution in [2.24, 2.45) is 16.5 Å². The van der Waals surface area contributed by atoms with Crippen molar-refractivity contribution in [2.75, 3.05) is 6.61 Å². The molecule has 3 unspecified atom stereocenters. The lowest BCUT2D eigenvalue weighted by atomic mass is 10.1. The molecule has 10 N–H and O–H groups in total. The lowest BCUT2D eigenvalue weighted by Gasteiger charge is -2.19. The van der Waals surface area contributed by atoms with Crippen LogP contribution in [-0.4, -0.2) is 70.2 Å². The summed E-state index contributed by atoms with van der Waals surface area (Å²) in [6, 6.07) is 1.17. The average Bonchev–Trinajstić information content (AvgIpc) is 2.85. The van der Waals surface area contributed by atoms with E-state index < -0.39 is 60.3 Å². The molecule has 1 aromatic heterocycles. The summed E-state index contributed by atoms with van der Waals surface area (Å²) in [7, 11) is -16.8. The zero-order valence-electron chi connectivity index (χ0n) is 15.5. The molecule has 2 heterocycles. The summed E-state index contributed by atoms with van der Waals surface area (Å²) >= 11 is 0. The number of phosphoric acid groups is 3. The number of aliphatic imine (C=N–C) groups is 1. The van der Waals surface area contributed by atoms with E-state index in [0.717, 1.165) is 10.8 Å². The summed E-state index contributed by atoms with van der Waals surface area (Å²) in [5, 5.41) is 20.2. The molecule has 1 aromatic rings. The molecule has 22 heteroatoms. The van der Waals surface area contributed by atoms with Crippen molar-refractivity contribution in [3.8, 4) is 0 Å². The average molecular weight is 525 g/mol. The number of rotatable bonds is 9. The Morgan fingerprint density at radius 3 is 2.28 bits per heavy atom. The van der Waals surface area contributed by atoms with Crippen LogP contribution in [0.5, 0.6) is 0 Å². The second-order valence-corrected chi connectivity index (χ2v) is 10.4. The Balaban J connectivity index is 2.08. The molecule has 1 saturated heterocycles. The lowest BCUT2D eigenvalue weighted by molar-refractivity contribution is -0.0541. The van der Waals surface area contributed by atoms with E-state index in [4.69, 9.17) is 30.9 Å². The zero-order chi connectivity index (χ0) is 24.5. The number of hydrogen-bond acceptors (Lipinski definition) is 12. The van der Waals surface area contributed by atoms with Crippen molar-refractivity contribution in [1.82, 2.24) is 9.55 Å². The van der Waals surface area contributed by atoms with E-state index in [9.17, 15) is 33.6 Å². The fraction of sp³-hybridized carbons (Fsp3) is 0.500. The molecular weight excluding hydrogens is 507 g/mol. The maximum absolute atomic E-state index is 12.1. The van der Waals surface area contributed by atoms with Gasteiger partial charge in [0.1, 0.15) is 18.3 Å². The third-order valence-electron chi connectivity index (χ3n) is 3.49. The van der Waals surface area contributed by atoms with Gasteiger partial charge in [-0.3, -0.25) is 9.09 Å². The van der Waals surface area contributed by atoms with Gasteiger partial charge in [0.25, 0.3) is 0 Å². The van der Waals surface area contributed by atoms with Crippen LogP contribution in [0.25, 0.3) is 0 Å². The van der Waals surface area contributed by atoms with Gasteiger partial charge >= 0.3 is 29.2 Å². The third kappa shape index (κ3) is 7.50. The number of nitrogens with two attached hydrogens (primary N) is 2. The van der Waals surface area contributed by atoms with Gasteiger partial charge in [-0.05, 0) is 6.07 Å². The molecular formula is C10H18N5O14P3. The predicted molar refractivity (Wildman–Crippen MR) is 99.7 cm³/mol. The van der Waals surface area contributed by atoms with E-state index in [1.54, 1.807) is 0 Å². The summed E-state index contributed by atoms with van der Waals surface area (Å²) in [6.07, 6.45) is -5.62. The fourth-order valence-corrected chi connectivity index (χ4v) is 5.39. The Labute approximate surface area is 177 Å². The molecule has 32 heavy (non-hydrogen) atoms. The highest BCUT2D eigenvalue weighted by Gasteiger charge is 2.46. The van der Waals surface area contributed by atoms with Gasteiger partial charge in [-0.25, -0.2) is 18.5 Å². The molecule has 182 valence electrons. The van der Waals surface area contributed by atoms with E-state index in [1.807, 2.05) is 0 Å². The van der Waals surface area contributed by atoms with Crippen LogP contribution < -0.4 is 17.2 Å². The quantitative estimate of drug-likeness (QED) is 0.0911. The summed E-state index contributed by atoms with van der Waals surface area (Å²) in [4.78, 5) is 54.6. The van der Waals surface area contributed by atoms with Crippen LogP contribution in [0.3, 0.4) is 0 Å². The Kier molecular flexibility index (Phi) is 8.13. The van der Waals surface area contributed by atoms with E-state index >= 15 is 0 Å². The van der Waals surface area contributed by atoms with E-state index in [2.05, 4.69) is 23.1 Å². The predicted octanol–water partition coefficient (Wildman–Crippen LogP) is -2.89. The van der Waals surface area contributed by atoms with Crippen molar-refractivity contribution < 1.29 is 61.4 Å². The molecule has 2 rings (SSSR count). The third-order valence-corrected chi connectivity index (χ3v) is 7.29. The van der Waals surface area contributed by atoms with Gasteiger partial charge < -0.3 is 46.0 Å². The van der Waals surface area contributed by atoms with Crippen molar-refractivity contribution in [1.29, 1.82) is 0 Å². The first-order valence-electron chi connectivity index (χ1n) is 7.98. The molecule has 0 bridgehead atoms. The number of phosphoric ester groups is 1. The van der Waals surface area contributed by atoms with Crippen LogP contribution in [0, 0.1) is 0 Å². The monoisotopic (exact) mass is 525 g/mol. The van der Waals surface area contributed by atoms with E-state index in [-0.39, 0.29) is 11.8 Å². The number of nitrogens with zero attached hydrogens (tertiary/aromatic N) is 3. The lowest BCUT2D eigenvalue weighted by Crippen LogP contribution is -2.36. The largest absolute Gasteiger partial charge is 0.490 e. The molecule has 0 aromatic carbocycles. The normalized spacial score (nSPS) is 27.4. The molecule has 6 atom stereocenters. The van der Waals surface area contributed by atoms with Gasteiger partial charge in [0.2, 0.25) is 0 Å². The van der Waals surface area contributed by atoms with Gasteiger partial charge in [0.05, 0.1) is 6.61 Å². The van der Waals surface area contributed by atoms with Gasteiger partial charge in [-0.2, -0.15) is 18.6 Å². The van der Waals surface area contributed by atoms with Crippen molar-refractivity contribution in [3.63, 3.8) is 0 Å². The Morgan fingerprint density at radius 2 is 1.75 bits per heavy atom. The van der Waals surface area contributed by atoms with Gasteiger partial charge in [-0.15, -0.1) is 0 Å². The number of aliphatic hydroxyl groups excluding tert-OH is 2. The highest BCUT2D eigenvalue weighted by atomic mass is 31.3. The van der Waals surface area contributed by atoms with Crippen LogP contribution in [0.15, 0.2) is 22.1 Å². The van der Waals surface area contributed by atoms with Gasteiger partial charge in [0, 0.05) is 6.20 Å². The highest BCUT2D eigenvalue weighted by Crippen LogP contribution is 2.66. The van der Waals surface area contributed by atoms with Gasteiger partial charge in [-0.1, -0.05) is 0 Å². The molecule has 1 aliphatic rings. The molecule has 0 spiro atoms. The summed E-state index contributed by atoms with van der Waals surface area (Å²) < 4.78 is 51.0. The SMILES string of the molecule is NC(N)=Nc1ccn([C@@H]2O[C@H](COP(=O)(O)OP(=O)(O)OP(=O)(O)O)C(O)[C@@H]2O)c(=O)n1. The van der Waals surface area contributed by atoms with Gasteiger partial charge in [0.15, 0.2) is 18.0 Å². The number of guanidine groups is 1. The second-order valence-electron chi connectivity index (χ2n) is 5.95.